The zero-order chi connectivity index (χ0) is 24.7. The Bertz CT molecular complexity index is 1180. The third-order valence-corrected chi connectivity index (χ3v) is 9.62. The van der Waals surface area contributed by atoms with Gasteiger partial charge in [-0.05, 0) is 54.2 Å². The first-order valence-electron chi connectivity index (χ1n) is 12.7. The summed E-state index contributed by atoms with van der Waals surface area (Å²) in [6.07, 6.45) is 5.96. The van der Waals surface area contributed by atoms with Crippen molar-refractivity contribution in [1.29, 1.82) is 0 Å². The van der Waals surface area contributed by atoms with Gasteiger partial charge in [-0.25, -0.2) is 4.98 Å². The summed E-state index contributed by atoms with van der Waals surface area (Å²) in [5.74, 6) is 0.0792. The fourth-order valence-corrected chi connectivity index (χ4v) is 7.98. The molecular weight excluding hydrogens is 454 g/mol. The summed E-state index contributed by atoms with van der Waals surface area (Å²) in [5, 5.41) is 12.7. The van der Waals surface area contributed by atoms with Gasteiger partial charge in [-0.2, -0.15) is 0 Å². The van der Waals surface area contributed by atoms with Gasteiger partial charge in [0.05, 0.1) is 11.8 Å². The Hall–Kier alpha value is -2.57. The molecule has 1 saturated carbocycles. The van der Waals surface area contributed by atoms with E-state index in [0.29, 0.717) is 6.54 Å². The van der Waals surface area contributed by atoms with Crippen molar-refractivity contribution in [2.24, 2.45) is 23.2 Å². The molecule has 0 unspecified atom stereocenters. The molecule has 1 N–H and O–H groups in total. The van der Waals surface area contributed by atoms with Gasteiger partial charge in [-0.15, -0.1) is 11.3 Å². The second-order valence-corrected chi connectivity index (χ2v) is 12.0. The average Bonchev–Trinajstić information content (AvgIpc) is 3.28. The number of carbonyl (C=O) groups excluding carboxylic acids is 1. The molecule has 2 aromatic heterocycles. The third-order valence-electron chi connectivity index (χ3n) is 8.50. The van der Waals surface area contributed by atoms with E-state index in [9.17, 15) is 9.90 Å². The van der Waals surface area contributed by atoms with E-state index in [1.807, 2.05) is 61.5 Å². The number of aliphatic hydroxyl groups excluding tert-OH is 1. The fourth-order valence-electron chi connectivity index (χ4n) is 6.63. The molecule has 6 atom stereocenters. The zero-order valence-electron chi connectivity index (χ0n) is 21.0. The number of nitrogens with zero attached hydrogens (tertiary/aromatic N) is 3. The number of benzene rings is 1. The van der Waals surface area contributed by atoms with E-state index in [2.05, 4.69) is 24.9 Å². The molecule has 184 valence electrons. The van der Waals surface area contributed by atoms with Crippen LogP contribution < -0.4 is 0 Å². The number of aromatic nitrogens is 2. The first kappa shape index (κ1) is 24.1. The molecular formula is C29H35N3O2S. The smallest absolute Gasteiger partial charge is 0.225 e. The number of hydrogen-bond acceptors (Lipinski definition) is 5. The Morgan fingerprint density at radius 2 is 2.03 bits per heavy atom. The highest BCUT2D eigenvalue weighted by atomic mass is 32.1. The largest absolute Gasteiger partial charge is 0.392 e. The number of amides is 1. The van der Waals surface area contributed by atoms with Crippen LogP contribution in [0.5, 0.6) is 0 Å². The molecule has 1 amide bonds. The van der Waals surface area contributed by atoms with E-state index in [1.165, 1.54) is 4.88 Å². The van der Waals surface area contributed by atoms with Crippen molar-refractivity contribution in [2.45, 2.75) is 58.6 Å². The van der Waals surface area contributed by atoms with Gasteiger partial charge >= 0.3 is 0 Å². The number of carbonyl (C=O) groups is 1. The van der Waals surface area contributed by atoms with E-state index >= 15 is 0 Å². The SMILES string of the molecule is C[C@H](C(=O)N(C)Cc1ccccc1)[C@H]1CC[C@@]2(C)Cc3sc(-c4cccnc4)nc3[C@@H](C)[C@@H]2[C@H]1O. The zero-order valence-corrected chi connectivity index (χ0v) is 21.8. The Kier molecular flexibility index (Phi) is 6.53. The summed E-state index contributed by atoms with van der Waals surface area (Å²) in [6.45, 7) is 7.13. The second kappa shape index (κ2) is 9.47. The number of fused-ring (bicyclic) bond motifs is 2. The highest BCUT2D eigenvalue weighted by Gasteiger charge is 2.54. The van der Waals surface area contributed by atoms with Crippen LogP contribution in [-0.4, -0.2) is 39.0 Å². The van der Waals surface area contributed by atoms with Crippen molar-refractivity contribution in [2.75, 3.05) is 7.05 Å². The Morgan fingerprint density at radius 3 is 2.74 bits per heavy atom. The standard InChI is InChI=1S/C29H35N3O2S/c1-18(28(34)32(4)17-20-9-6-5-7-10-20)22-12-13-29(3)15-23-25(19(2)24(29)26(22)33)31-27(35-23)21-11-8-14-30-16-21/h5-11,14,16,18-19,22,24,26,33H,12-13,15,17H2,1-4H3/t18-,19-,22+,24+,26-,29-/m0/s1. The minimum Gasteiger partial charge on any atom is -0.392 e. The number of aliphatic hydroxyl groups is 1. The van der Waals surface area contributed by atoms with Gasteiger partial charge in [0.2, 0.25) is 5.91 Å². The van der Waals surface area contributed by atoms with Gasteiger partial charge in [0, 0.05) is 48.3 Å². The van der Waals surface area contributed by atoms with Crippen molar-refractivity contribution >= 4 is 17.2 Å². The van der Waals surface area contributed by atoms with Gasteiger partial charge in [-0.3, -0.25) is 9.78 Å². The van der Waals surface area contributed by atoms with Crippen LogP contribution in [0.25, 0.3) is 10.6 Å². The van der Waals surface area contributed by atoms with Crippen LogP contribution >= 0.6 is 11.3 Å². The lowest BCUT2D eigenvalue weighted by atomic mass is 9.53. The second-order valence-electron chi connectivity index (χ2n) is 10.9. The average molecular weight is 490 g/mol. The van der Waals surface area contributed by atoms with E-state index in [4.69, 9.17) is 4.98 Å². The maximum Gasteiger partial charge on any atom is 0.225 e. The van der Waals surface area contributed by atoms with Gasteiger partial charge in [-0.1, -0.05) is 51.1 Å². The topological polar surface area (TPSA) is 66.3 Å². The van der Waals surface area contributed by atoms with E-state index in [0.717, 1.165) is 41.1 Å². The molecule has 1 aromatic carbocycles. The van der Waals surface area contributed by atoms with E-state index in [-0.39, 0.29) is 35.0 Å². The monoisotopic (exact) mass is 489 g/mol. The van der Waals surface area contributed by atoms with E-state index in [1.54, 1.807) is 17.5 Å². The highest BCUT2D eigenvalue weighted by molar-refractivity contribution is 7.15. The normalized spacial score (nSPS) is 28.6. The van der Waals surface area contributed by atoms with Gasteiger partial charge in [0.25, 0.3) is 0 Å². The van der Waals surface area contributed by atoms with Gasteiger partial charge in [0.15, 0.2) is 0 Å². The predicted octanol–water partition coefficient (Wildman–Crippen LogP) is 5.55. The van der Waals surface area contributed by atoms with Crippen molar-refractivity contribution in [1.82, 2.24) is 14.9 Å². The lowest BCUT2D eigenvalue weighted by Gasteiger charge is -2.53. The van der Waals surface area contributed by atoms with Crippen LogP contribution in [0.3, 0.4) is 0 Å². The summed E-state index contributed by atoms with van der Waals surface area (Å²) >= 11 is 1.77. The van der Waals surface area contributed by atoms with Crippen LogP contribution in [0.1, 0.15) is 55.7 Å². The van der Waals surface area contributed by atoms with Crippen LogP contribution in [0, 0.1) is 23.2 Å². The minimum atomic E-state index is -0.524. The Balaban J connectivity index is 1.36. The summed E-state index contributed by atoms with van der Waals surface area (Å²) < 4.78 is 0. The maximum atomic E-state index is 13.4. The summed E-state index contributed by atoms with van der Waals surface area (Å²) in [7, 11) is 1.87. The molecule has 0 spiro atoms. The summed E-state index contributed by atoms with van der Waals surface area (Å²) in [6, 6.07) is 14.1. The molecule has 35 heavy (non-hydrogen) atoms. The predicted molar refractivity (Wildman–Crippen MR) is 140 cm³/mol. The Labute approximate surface area is 212 Å². The molecule has 2 heterocycles. The van der Waals surface area contributed by atoms with E-state index < -0.39 is 6.10 Å². The number of hydrogen-bond donors (Lipinski definition) is 1. The first-order valence-corrected chi connectivity index (χ1v) is 13.5. The molecule has 5 rings (SSSR count). The quantitative estimate of drug-likeness (QED) is 0.510. The van der Waals surface area contributed by atoms with Crippen LogP contribution in [-0.2, 0) is 17.8 Å². The molecule has 0 aliphatic heterocycles. The minimum absolute atomic E-state index is 0.0137. The molecule has 6 heteroatoms. The number of thiazole rings is 1. The van der Waals surface area contributed by atoms with Crippen molar-refractivity contribution < 1.29 is 9.90 Å². The fraction of sp³-hybridized carbons (Fsp3) is 0.483. The van der Waals surface area contributed by atoms with Crippen molar-refractivity contribution in [3.63, 3.8) is 0 Å². The number of rotatable bonds is 5. The molecule has 3 aromatic rings. The number of pyridine rings is 1. The molecule has 5 nitrogen and oxygen atoms in total. The molecule has 0 saturated heterocycles. The lowest BCUT2D eigenvalue weighted by molar-refractivity contribution is -0.144. The van der Waals surface area contributed by atoms with Gasteiger partial charge < -0.3 is 10.0 Å². The van der Waals surface area contributed by atoms with Crippen LogP contribution in [0.2, 0.25) is 0 Å². The molecule has 2 aliphatic rings. The summed E-state index contributed by atoms with van der Waals surface area (Å²) in [4.78, 5) is 25.8. The van der Waals surface area contributed by atoms with Crippen LogP contribution in [0.4, 0.5) is 0 Å². The van der Waals surface area contributed by atoms with Crippen LogP contribution in [0.15, 0.2) is 54.9 Å². The first-order chi connectivity index (χ1) is 16.8. The van der Waals surface area contributed by atoms with Crippen molar-refractivity contribution in [3.8, 4) is 10.6 Å². The molecule has 2 aliphatic carbocycles. The maximum absolute atomic E-state index is 13.4. The molecule has 0 radical (unpaired) electrons. The van der Waals surface area contributed by atoms with Gasteiger partial charge in [0.1, 0.15) is 5.01 Å². The lowest BCUT2D eigenvalue weighted by Crippen LogP contribution is -2.53. The third kappa shape index (κ3) is 4.43. The molecule has 0 bridgehead atoms. The molecule has 1 fully saturated rings. The summed E-state index contributed by atoms with van der Waals surface area (Å²) in [5.41, 5.74) is 3.30. The Morgan fingerprint density at radius 1 is 1.26 bits per heavy atom. The van der Waals surface area contributed by atoms with Crippen molar-refractivity contribution in [3.05, 3.63) is 71.0 Å². The highest BCUT2D eigenvalue weighted by Crippen LogP contribution is 2.57.